The average molecular weight is 525 g/mol. The Balaban J connectivity index is 1.32. The molecular formula is C31H36N6O2. The summed E-state index contributed by atoms with van der Waals surface area (Å²) < 4.78 is 11.0. The smallest absolute Gasteiger partial charge is 0.161 e. The van der Waals surface area contributed by atoms with Crippen molar-refractivity contribution in [2.45, 2.75) is 44.9 Å². The third-order valence-electron chi connectivity index (χ3n) is 7.73. The number of hydrogen-bond donors (Lipinski definition) is 0. The third kappa shape index (κ3) is 5.46. The van der Waals surface area contributed by atoms with E-state index in [2.05, 4.69) is 40.1 Å². The summed E-state index contributed by atoms with van der Waals surface area (Å²) >= 11 is 0. The Morgan fingerprint density at radius 1 is 0.667 bits per heavy atom. The molecule has 2 aliphatic heterocycles. The number of anilines is 2. The first-order valence-corrected chi connectivity index (χ1v) is 14.1. The van der Waals surface area contributed by atoms with E-state index >= 15 is 0 Å². The average Bonchev–Trinajstić information content (AvgIpc) is 3.55. The number of ether oxygens (including phenoxy) is 2. The molecular weight excluding hydrogens is 488 g/mol. The van der Waals surface area contributed by atoms with Crippen LogP contribution in [0.1, 0.15) is 43.8 Å². The van der Waals surface area contributed by atoms with Gasteiger partial charge in [-0.05, 0) is 62.4 Å². The largest absolute Gasteiger partial charge is 0.493 e. The minimum Gasteiger partial charge on any atom is -0.493 e. The standard InChI is InChI=1S/C31H36N6O2/c1-38-26-13-12-22(20-27(26)39-2)25-21-30(36-16-8-9-17-36)34-28(33-25)14-15-29-32-24-11-5-4-10-23(24)31(35-29)37-18-6-3-7-19-37/h4-5,10-13,20-21H,3,6-9,14-19H2,1-2H3. The van der Waals surface area contributed by atoms with Crippen LogP contribution < -0.4 is 19.3 Å². The first-order chi connectivity index (χ1) is 19.2. The maximum atomic E-state index is 5.56. The topological polar surface area (TPSA) is 76.5 Å². The van der Waals surface area contributed by atoms with Crippen molar-refractivity contribution in [3.05, 3.63) is 60.2 Å². The molecule has 8 heteroatoms. The number of aromatic nitrogens is 4. The summed E-state index contributed by atoms with van der Waals surface area (Å²) in [5.41, 5.74) is 2.86. The van der Waals surface area contributed by atoms with Gasteiger partial charge in [0.2, 0.25) is 0 Å². The fourth-order valence-corrected chi connectivity index (χ4v) is 5.64. The highest BCUT2D eigenvalue weighted by Crippen LogP contribution is 2.33. The van der Waals surface area contributed by atoms with Crippen molar-refractivity contribution in [2.24, 2.45) is 0 Å². The minimum atomic E-state index is 0.666. The lowest BCUT2D eigenvalue weighted by Crippen LogP contribution is -2.30. The maximum Gasteiger partial charge on any atom is 0.161 e. The summed E-state index contributed by atoms with van der Waals surface area (Å²) in [5, 5.41) is 1.13. The van der Waals surface area contributed by atoms with Crippen LogP contribution in [-0.2, 0) is 12.8 Å². The van der Waals surface area contributed by atoms with Gasteiger partial charge in [-0.2, -0.15) is 0 Å². The second kappa shape index (κ2) is 11.4. The van der Waals surface area contributed by atoms with Gasteiger partial charge in [-0.3, -0.25) is 0 Å². The molecule has 2 fully saturated rings. The van der Waals surface area contributed by atoms with Crippen LogP contribution >= 0.6 is 0 Å². The lowest BCUT2D eigenvalue weighted by atomic mass is 10.1. The van der Waals surface area contributed by atoms with Crippen LogP contribution in [0, 0.1) is 0 Å². The minimum absolute atomic E-state index is 0.666. The molecule has 0 radical (unpaired) electrons. The predicted octanol–water partition coefficient (Wildman–Crippen LogP) is 5.48. The number of methoxy groups -OCH3 is 2. The van der Waals surface area contributed by atoms with Crippen LogP contribution in [0.3, 0.4) is 0 Å². The van der Waals surface area contributed by atoms with Crippen LogP contribution in [0.5, 0.6) is 11.5 Å². The van der Waals surface area contributed by atoms with Gasteiger partial charge in [0.05, 0.1) is 25.4 Å². The summed E-state index contributed by atoms with van der Waals surface area (Å²) in [6.07, 6.45) is 7.44. The molecule has 0 atom stereocenters. The van der Waals surface area contributed by atoms with E-state index in [0.29, 0.717) is 24.3 Å². The summed E-state index contributed by atoms with van der Waals surface area (Å²) in [7, 11) is 3.31. The SMILES string of the molecule is COc1ccc(-c2cc(N3CCCC3)nc(CCc3nc(N4CCCCC4)c4ccccc4n3)n2)cc1OC. The van der Waals surface area contributed by atoms with E-state index in [-0.39, 0.29) is 0 Å². The van der Waals surface area contributed by atoms with E-state index < -0.39 is 0 Å². The highest BCUT2D eigenvalue weighted by atomic mass is 16.5. The number of benzene rings is 2. The second-order valence-corrected chi connectivity index (χ2v) is 10.3. The maximum absolute atomic E-state index is 5.56. The van der Waals surface area contributed by atoms with E-state index in [1.54, 1.807) is 14.2 Å². The molecule has 6 rings (SSSR count). The molecule has 4 heterocycles. The van der Waals surface area contributed by atoms with Crippen molar-refractivity contribution in [1.29, 1.82) is 0 Å². The number of aryl methyl sites for hydroxylation is 2. The van der Waals surface area contributed by atoms with Gasteiger partial charge in [-0.25, -0.2) is 19.9 Å². The van der Waals surface area contributed by atoms with Crippen molar-refractivity contribution in [3.63, 3.8) is 0 Å². The zero-order chi connectivity index (χ0) is 26.6. The van der Waals surface area contributed by atoms with Gasteiger partial charge >= 0.3 is 0 Å². The van der Waals surface area contributed by atoms with Crippen molar-refractivity contribution in [3.8, 4) is 22.8 Å². The zero-order valence-electron chi connectivity index (χ0n) is 22.9. The van der Waals surface area contributed by atoms with Gasteiger partial charge in [0, 0.05) is 56.0 Å². The summed E-state index contributed by atoms with van der Waals surface area (Å²) in [6, 6.07) is 16.4. The highest BCUT2D eigenvalue weighted by Gasteiger charge is 2.19. The molecule has 2 aromatic carbocycles. The lowest BCUT2D eigenvalue weighted by molar-refractivity contribution is 0.355. The van der Waals surface area contributed by atoms with E-state index in [1.807, 2.05) is 18.2 Å². The molecule has 2 aromatic heterocycles. The Morgan fingerprint density at radius 3 is 2.13 bits per heavy atom. The number of para-hydroxylation sites is 1. The second-order valence-electron chi connectivity index (χ2n) is 10.3. The van der Waals surface area contributed by atoms with Crippen LogP contribution in [0.15, 0.2) is 48.5 Å². The van der Waals surface area contributed by atoms with E-state index in [4.69, 9.17) is 29.4 Å². The zero-order valence-corrected chi connectivity index (χ0v) is 22.9. The Morgan fingerprint density at radius 2 is 1.36 bits per heavy atom. The number of rotatable bonds is 8. The van der Waals surface area contributed by atoms with Gasteiger partial charge in [-0.1, -0.05) is 12.1 Å². The van der Waals surface area contributed by atoms with E-state index in [1.165, 1.54) is 32.1 Å². The molecule has 0 N–H and O–H groups in total. The third-order valence-corrected chi connectivity index (χ3v) is 7.73. The molecule has 0 spiro atoms. The molecule has 0 amide bonds. The first-order valence-electron chi connectivity index (χ1n) is 14.1. The fourth-order valence-electron chi connectivity index (χ4n) is 5.64. The monoisotopic (exact) mass is 524 g/mol. The number of nitrogens with zero attached hydrogens (tertiary/aromatic N) is 6. The Hall–Kier alpha value is -3.94. The van der Waals surface area contributed by atoms with Crippen molar-refractivity contribution in [1.82, 2.24) is 19.9 Å². The van der Waals surface area contributed by atoms with Gasteiger partial charge in [0.15, 0.2) is 11.5 Å². The van der Waals surface area contributed by atoms with Gasteiger partial charge in [-0.15, -0.1) is 0 Å². The van der Waals surface area contributed by atoms with Crippen LogP contribution in [0.25, 0.3) is 22.2 Å². The summed E-state index contributed by atoms with van der Waals surface area (Å²) in [5.74, 6) is 5.09. The van der Waals surface area contributed by atoms with Crippen molar-refractivity contribution >= 4 is 22.5 Å². The molecule has 2 saturated heterocycles. The van der Waals surface area contributed by atoms with E-state index in [0.717, 1.165) is 71.6 Å². The van der Waals surface area contributed by atoms with E-state index in [9.17, 15) is 0 Å². The Bertz CT molecular complexity index is 1450. The normalized spacial score (nSPS) is 15.6. The molecule has 202 valence electrons. The lowest BCUT2D eigenvalue weighted by Gasteiger charge is -2.29. The molecule has 4 aromatic rings. The quantitative estimate of drug-likeness (QED) is 0.300. The van der Waals surface area contributed by atoms with Gasteiger partial charge in [0.1, 0.15) is 23.3 Å². The summed E-state index contributed by atoms with van der Waals surface area (Å²) in [4.78, 5) is 24.8. The molecule has 0 bridgehead atoms. The fraction of sp³-hybridized carbons (Fsp3) is 0.419. The van der Waals surface area contributed by atoms with Crippen LogP contribution in [0.2, 0.25) is 0 Å². The molecule has 0 unspecified atom stereocenters. The Labute approximate surface area is 230 Å². The molecule has 0 aliphatic carbocycles. The Kier molecular flexibility index (Phi) is 7.43. The first kappa shape index (κ1) is 25.3. The molecule has 39 heavy (non-hydrogen) atoms. The molecule has 8 nitrogen and oxygen atoms in total. The molecule has 0 saturated carbocycles. The predicted molar refractivity (Wildman–Crippen MR) is 155 cm³/mol. The number of piperidine rings is 1. The van der Waals surface area contributed by atoms with Gasteiger partial charge < -0.3 is 19.3 Å². The van der Waals surface area contributed by atoms with Crippen molar-refractivity contribution < 1.29 is 9.47 Å². The van der Waals surface area contributed by atoms with Crippen molar-refractivity contribution in [2.75, 3.05) is 50.2 Å². The van der Waals surface area contributed by atoms with Crippen LogP contribution in [-0.4, -0.2) is 60.3 Å². The number of fused-ring (bicyclic) bond motifs is 1. The van der Waals surface area contributed by atoms with Gasteiger partial charge in [0.25, 0.3) is 0 Å². The summed E-state index contributed by atoms with van der Waals surface area (Å²) in [6.45, 7) is 4.15. The molecule has 2 aliphatic rings. The number of hydrogen-bond acceptors (Lipinski definition) is 8. The highest BCUT2D eigenvalue weighted by molar-refractivity contribution is 5.89. The van der Waals surface area contributed by atoms with Crippen LogP contribution in [0.4, 0.5) is 11.6 Å².